The van der Waals surface area contributed by atoms with E-state index in [2.05, 4.69) is 5.32 Å². The van der Waals surface area contributed by atoms with E-state index >= 15 is 0 Å². The van der Waals surface area contributed by atoms with Crippen LogP contribution in [0.5, 0.6) is 0 Å². The van der Waals surface area contributed by atoms with Crippen molar-refractivity contribution in [3.8, 4) is 0 Å². The Labute approximate surface area is 107 Å². The molecule has 1 N–H and O–H groups in total. The van der Waals surface area contributed by atoms with E-state index in [9.17, 15) is 9.59 Å². The first kappa shape index (κ1) is 13.3. The summed E-state index contributed by atoms with van der Waals surface area (Å²) in [6, 6.07) is -0.648. The highest BCUT2D eigenvalue weighted by atomic mass is 16.7. The number of carbonyl (C=O) groups is 2. The fraction of sp³-hybridized carbons (Fsp3) is 0.833. The van der Waals surface area contributed by atoms with E-state index in [1.54, 1.807) is 0 Å². The zero-order chi connectivity index (χ0) is 13.0. The molecule has 0 aliphatic carbocycles. The number of carbonyl (C=O) groups excluding carboxylic acids is 2. The van der Waals surface area contributed by atoms with E-state index in [1.165, 1.54) is 4.90 Å². The van der Waals surface area contributed by atoms with Gasteiger partial charge in [0.05, 0.1) is 13.2 Å². The summed E-state index contributed by atoms with van der Waals surface area (Å²) in [4.78, 5) is 24.9. The number of nitrogens with zero attached hydrogens (tertiary/aromatic N) is 1. The van der Waals surface area contributed by atoms with Gasteiger partial charge in [0.1, 0.15) is 6.04 Å². The Morgan fingerprint density at radius 1 is 1.28 bits per heavy atom. The number of ether oxygens (including phenoxy) is 2. The summed E-state index contributed by atoms with van der Waals surface area (Å²) in [6.07, 6.45) is 2.72. The molecule has 6 heteroatoms. The molecule has 2 saturated heterocycles. The summed E-state index contributed by atoms with van der Waals surface area (Å²) in [7, 11) is 0. The fourth-order valence-electron chi connectivity index (χ4n) is 2.21. The van der Waals surface area contributed by atoms with Gasteiger partial charge in [0.15, 0.2) is 6.29 Å². The lowest BCUT2D eigenvalue weighted by atomic mass is 10.1. The van der Waals surface area contributed by atoms with E-state index in [4.69, 9.17) is 9.47 Å². The highest BCUT2D eigenvalue weighted by Crippen LogP contribution is 2.14. The van der Waals surface area contributed by atoms with Crippen molar-refractivity contribution in [2.75, 3.05) is 19.8 Å². The van der Waals surface area contributed by atoms with Crippen LogP contribution >= 0.6 is 0 Å². The minimum Gasteiger partial charge on any atom is -0.353 e. The number of hydrogen-bond acceptors (Lipinski definition) is 4. The standard InChI is InChI=1S/C12H20N2O4/c1-2-4-9-11(15)14(12(16)13-9)6-5-10-17-7-3-8-18-10/h9-10H,2-8H2,1H3,(H,13,16). The van der Waals surface area contributed by atoms with Crippen LogP contribution in [0.25, 0.3) is 0 Å². The third-order valence-corrected chi connectivity index (χ3v) is 3.17. The van der Waals surface area contributed by atoms with Crippen LogP contribution in [0.15, 0.2) is 0 Å². The molecule has 0 spiro atoms. The van der Waals surface area contributed by atoms with Crippen molar-refractivity contribution in [3.63, 3.8) is 0 Å². The quantitative estimate of drug-likeness (QED) is 0.741. The molecular weight excluding hydrogens is 236 g/mol. The minimum atomic E-state index is -0.351. The van der Waals surface area contributed by atoms with Crippen LogP contribution in [0.3, 0.4) is 0 Å². The summed E-state index contributed by atoms with van der Waals surface area (Å²) in [6.45, 7) is 3.72. The Balaban J connectivity index is 1.81. The zero-order valence-electron chi connectivity index (χ0n) is 10.7. The molecule has 0 aromatic heterocycles. The molecule has 0 aromatic rings. The summed E-state index contributed by atoms with van der Waals surface area (Å²) in [5, 5.41) is 2.70. The number of amides is 3. The molecule has 0 saturated carbocycles. The van der Waals surface area contributed by atoms with Crippen molar-refractivity contribution >= 4 is 11.9 Å². The van der Waals surface area contributed by atoms with Crippen LogP contribution in [0.2, 0.25) is 0 Å². The minimum absolute atomic E-state index is 0.127. The molecule has 1 unspecified atom stereocenters. The molecule has 3 amide bonds. The number of hydrogen-bond donors (Lipinski definition) is 1. The zero-order valence-corrected chi connectivity index (χ0v) is 10.7. The second-order valence-electron chi connectivity index (χ2n) is 4.59. The molecule has 2 heterocycles. The summed E-state index contributed by atoms with van der Waals surface area (Å²) >= 11 is 0. The molecule has 18 heavy (non-hydrogen) atoms. The highest BCUT2D eigenvalue weighted by Gasteiger charge is 2.37. The van der Waals surface area contributed by atoms with Crippen LogP contribution < -0.4 is 5.32 Å². The second-order valence-corrected chi connectivity index (χ2v) is 4.59. The second kappa shape index (κ2) is 6.15. The van der Waals surface area contributed by atoms with Gasteiger partial charge in [-0.3, -0.25) is 9.69 Å². The number of urea groups is 1. The van der Waals surface area contributed by atoms with E-state index in [1.807, 2.05) is 6.92 Å². The van der Waals surface area contributed by atoms with Gasteiger partial charge >= 0.3 is 6.03 Å². The first-order valence-electron chi connectivity index (χ1n) is 6.57. The van der Waals surface area contributed by atoms with Gasteiger partial charge in [-0.25, -0.2) is 4.79 Å². The fourth-order valence-corrected chi connectivity index (χ4v) is 2.21. The molecule has 0 aromatic carbocycles. The van der Waals surface area contributed by atoms with Gasteiger partial charge in [0.2, 0.25) is 0 Å². The first-order valence-corrected chi connectivity index (χ1v) is 6.57. The summed E-state index contributed by atoms with van der Waals surface area (Å²) < 4.78 is 10.8. The van der Waals surface area contributed by atoms with Crippen LogP contribution in [-0.4, -0.2) is 48.9 Å². The van der Waals surface area contributed by atoms with Crippen molar-refractivity contribution in [2.24, 2.45) is 0 Å². The topological polar surface area (TPSA) is 67.9 Å². The number of nitrogens with one attached hydrogen (secondary N) is 1. The Morgan fingerprint density at radius 2 is 2.00 bits per heavy atom. The highest BCUT2D eigenvalue weighted by molar-refractivity contribution is 6.04. The first-order chi connectivity index (χ1) is 8.72. The lowest BCUT2D eigenvalue weighted by Gasteiger charge is -2.24. The van der Waals surface area contributed by atoms with E-state index in [0.29, 0.717) is 32.6 Å². The molecule has 102 valence electrons. The van der Waals surface area contributed by atoms with Gasteiger partial charge in [-0.2, -0.15) is 0 Å². The Kier molecular flexibility index (Phi) is 4.54. The molecule has 6 nitrogen and oxygen atoms in total. The van der Waals surface area contributed by atoms with Crippen LogP contribution in [-0.2, 0) is 14.3 Å². The third kappa shape index (κ3) is 3.00. The van der Waals surface area contributed by atoms with Crippen LogP contribution in [0.1, 0.15) is 32.6 Å². The van der Waals surface area contributed by atoms with E-state index in [-0.39, 0.29) is 24.3 Å². The van der Waals surface area contributed by atoms with Crippen molar-refractivity contribution in [1.82, 2.24) is 10.2 Å². The van der Waals surface area contributed by atoms with Crippen molar-refractivity contribution < 1.29 is 19.1 Å². The third-order valence-electron chi connectivity index (χ3n) is 3.17. The van der Waals surface area contributed by atoms with Crippen LogP contribution in [0, 0.1) is 0 Å². The molecule has 2 aliphatic heterocycles. The summed E-state index contributed by atoms with van der Waals surface area (Å²) in [5.41, 5.74) is 0. The predicted octanol–water partition coefficient (Wildman–Crippen LogP) is 0.860. The Morgan fingerprint density at radius 3 is 2.67 bits per heavy atom. The van der Waals surface area contributed by atoms with Gasteiger partial charge in [0, 0.05) is 13.0 Å². The largest absolute Gasteiger partial charge is 0.353 e. The van der Waals surface area contributed by atoms with E-state index < -0.39 is 0 Å². The Bertz CT molecular complexity index is 315. The monoisotopic (exact) mass is 256 g/mol. The SMILES string of the molecule is CCCC1NC(=O)N(CCC2OCCCO2)C1=O. The van der Waals surface area contributed by atoms with Crippen molar-refractivity contribution in [1.29, 1.82) is 0 Å². The van der Waals surface area contributed by atoms with E-state index in [0.717, 1.165) is 12.8 Å². The lowest BCUT2D eigenvalue weighted by molar-refractivity contribution is -0.182. The predicted molar refractivity (Wildman–Crippen MR) is 63.9 cm³/mol. The van der Waals surface area contributed by atoms with Gasteiger partial charge in [-0.15, -0.1) is 0 Å². The lowest BCUT2D eigenvalue weighted by Crippen LogP contribution is -2.36. The van der Waals surface area contributed by atoms with Gasteiger partial charge in [-0.05, 0) is 12.8 Å². The molecule has 1 atom stereocenters. The molecular formula is C12H20N2O4. The molecule has 2 fully saturated rings. The molecule has 2 aliphatic rings. The maximum Gasteiger partial charge on any atom is 0.324 e. The van der Waals surface area contributed by atoms with Gasteiger partial charge < -0.3 is 14.8 Å². The number of rotatable bonds is 5. The van der Waals surface area contributed by atoms with Crippen molar-refractivity contribution in [3.05, 3.63) is 0 Å². The maximum atomic E-state index is 11.9. The Hall–Kier alpha value is -1.14. The molecule has 0 radical (unpaired) electrons. The smallest absolute Gasteiger partial charge is 0.324 e. The number of imide groups is 1. The maximum absolute atomic E-state index is 11.9. The average Bonchev–Trinajstić information content (AvgIpc) is 2.64. The normalized spacial score (nSPS) is 25.6. The average molecular weight is 256 g/mol. The van der Waals surface area contributed by atoms with Crippen LogP contribution in [0.4, 0.5) is 4.79 Å². The molecule has 2 rings (SSSR count). The molecule has 0 bridgehead atoms. The van der Waals surface area contributed by atoms with Crippen molar-refractivity contribution in [2.45, 2.75) is 44.9 Å². The van der Waals surface area contributed by atoms with Gasteiger partial charge in [-0.1, -0.05) is 13.3 Å². The van der Waals surface area contributed by atoms with Gasteiger partial charge in [0.25, 0.3) is 5.91 Å². The summed E-state index contributed by atoms with van der Waals surface area (Å²) in [5.74, 6) is -0.127.